The van der Waals surface area contributed by atoms with E-state index in [1.807, 2.05) is 11.9 Å². The van der Waals surface area contributed by atoms with Gasteiger partial charge in [0.15, 0.2) is 5.65 Å². The quantitative estimate of drug-likeness (QED) is 0.477. The zero-order chi connectivity index (χ0) is 22.9. The van der Waals surface area contributed by atoms with E-state index in [1.54, 1.807) is 30.3 Å². The molecule has 8 heteroatoms. The Kier molecular flexibility index (Phi) is 5.51. The molecular weight excluding hydrogens is 424 g/mol. The van der Waals surface area contributed by atoms with Crippen molar-refractivity contribution >= 4 is 17.1 Å². The molecule has 2 aromatic carbocycles. The van der Waals surface area contributed by atoms with Crippen molar-refractivity contribution in [1.29, 1.82) is 0 Å². The average Bonchev–Trinajstić information content (AvgIpc) is 2.84. The summed E-state index contributed by atoms with van der Waals surface area (Å²) in [6.45, 7) is 2.96. The summed E-state index contributed by atoms with van der Waals surface area (Å²) in [5.74, 6) is -0.816. The van der Waals surface area contributed by atoms with Gasteiger partial charge in [-0.15, -0.1) is 0 Å². The van der Waals surface area contributed by atoms with Crippen LogP contribution in [0.4, 0.5) is 8.78 Å². The lowest BCUT2D eigenvalue weighted by molar-refractivity contribution is 0.0664. The third-order valence-corrected chi connectivity index (χ3v) is 5.79. The molecule has 0 unspecified atom stereocenters. The van der Waals surface area contributed by atoms with E-state index in [0.717, 1.165) is 13.1 Å². The fourth-order valence-corrected chi connectivity index (χ4v) is 3.87. The minimum absolute atomic E-state index is 0.0924. The van der Waals surface area contributed by atoms with Gasteiger partial charge in [0.05, 0.1) is 17.0 Å². The molecule has 1 amide bonds. The number of fused-ring (bicyclic) bond motifs is 1. The van der Waals surface area contributed by atoms with Crippen LogP contribution in [-0.4, -0.2) is 63.9 Å². The molecule has 0 saturated carbocycles. The summed E-state index contributed by atoms with van der Waals surface area (Å²) in [6.07, 6.45) is 1.52. The number of pyridine rings is 1. The topological polar surface area (TPSA) is 62.2 Å². The molecule has 33 heavy (non-hydrogen) atoms. The van der Waals surface area contributed by atoms with Gasteiger partial charge in [-0.05, 0) is 61.6 Å². The molecule has 0 spiro atoms. The standard InChI is InChI=1S/C25H21F2N5O/c1-31-10-12-32(13-11-31)25(33)18-14-21-24(28-15-18)30-23(17-4-8-20(27)9-5-17)22(29-21)16-2-6-19(26)7-3-16/h2-9,14-15H,10-13H2,1H3. The van der Waals surface area contributed by atoms with Gasteiger partial charge in [-0.3, -0.25) is 4.79 Å². The van der Waals surface area contributed by atoms with Gasteiger partial charge < -0.3 is 9.80 Å². The van der Waals surface area contributed by atoms with Crippen LogP contribution in [0, 0.1) is 11.6 Å². The summed E-state index contributed by atoms with van der Waals surface area (Å²) in [6, 6.07) is 13.5. The van der Waals surface area contributed by atoms with Gasteiger partial charge in [0.1, 0.15) is 17.2 Å². The number of piperazine rings is 1. The molecule has 0 bridgehead atoms. The molecule has 0 aliphatic carbocycles. The van der Waals surface area contributed by atoms with Gasteiger partial charge in [-0.25, -0.2) is 23.7 Å². The van der Waals surface area contributed by atoms with E-state index in [1.165, 1.54) is 30.5 Å². The van der Waals surface area contributed by atoms with Gasteiger partial charge in [0.25, 0.3) is 5.91 Å². The van der Waals surface area contributed by atoms with Crippen LogP contribution in [0.1, 0.15) is 10.4 Å². The van der Waals surface area contributed by atoms with Crippen LogP contribution in [0.3, 0.4) is 0 Å². The molecule has 1 aliphatic heterocycles. The van der Waals surface area contributed by atoms with Crippen LogP contribution in [-0.2, 0) is 0 Å². The molecule has 166 valence electrons. The molecule has 0 radical (unpaired) electrons. The summed E-state index contributed by atoms with van der Waals surface area (Å²) in [5.41, 5.74) is 3.58. The van der Waals surface area contributed by atoms with Crippen LogP contribution < -0.4 is 0 Å². The zero-order valence-electron chi connectivity index (χ0n) is 18.0. The lowest BCUT2D eigenvalue weighted by Gasteiger charge is -2.32. The Bertz CT molecular complexity index is 1320. The maximum atomic E-state index is 13.5. The number of hydrogen-bond donors (Lipinski definition) is 0. The van der Waals surface area contributed by atoms with Crippen molar-refractivity contribution in [3.8, 4) is 22.5 Å². The molecule has 2 aromatic heterocycles. The first kappa shape index (κ1) is 21.1. The third-order valence-electron chi connectivity index (χ3n) is 5.79. The molecule has 1 aliphatic rings. The zero-order valence-corrected chi connectivity index (χ0v) is 18.0. The Morgan fingerprint density at radius 1 is 0.818 bits per heavy atom. The molecule has 6 nitrogen and oxygen atoms in total. The maximum Gasteiger partial charge on any atom is 0.255 e. The largest absolute Gasteiger partial charge is 0.336 e. The summed E-state index contributed by atoms with van der Waals surface area (Å²) < 4.78 is 27.0. The maximum absolute atomic E-state index is 13.5. The number of benzene rings is 2. The van der Waals surface area contributed by atoms with E-state index in [0.29, 0.717) is 52.3 Å². The molecular formula is C25H21F2N5O. The summed E-state index contributed by atoms with van der Waals surface area (Å²) in [5, 5.41) is 0. The number of rotatable bonds is 3. The normalized spacial score (nSPS) is 14.6. The van der Waals surface area contributed by atoms with Gasteiger partial charge in [0.2, 0.25) is 0 Å². The Morgan fingerprint density at radius 3 is 1.94 bits per heavy atom. The third kappa shape index (κ3) is 4.29. The van der Waals surface area contributed by atoms with Crippen molar-refractivity contribution in [2.24, 2.45) is 0 Å². The fourth-order valence-electron chi connectivity index (χ4n) is 3.87. The second kappa shape index (κ2) is 8.63. The number of halogens is 2. The van der Waals surface area contributed by atoms with Crippen molar-refractivity contribution in [3.63, 3.8) is 0 Å². The highest BCUT2D eigenvalue weighted by atomic mass is 19.1. The molecule has 1 fully saturated rings. The number of nitrogens with zero attached hydrogens (tertiary/aromatic N) is 5. The lowest BCUT2D eigenvalue weighted by Crippen LogP contribution is -2.47. The van der Waals surface area contributed by atoms with Crippen LogP contribution in [0.2, 0.25) is 0 Å². The second-order valence-electron chi connectivity index (χ2n) is 8.10. The molecule has 5 rings (SSSR count). The van der Waals surface area contributed by atoms with Crippen LogP contribution in [0.5, 0.6) is 0 Å². The number of carbonyl (C=O) groups is 1. The highest BCUT2D eigenvalue weighted by molar-refractivity contribution is 5.97. The Morgan fingerprint density at radius 2 is 1.36 bits per heavy atom. The van der Waals surface area contributed by atoms with E-state index in [9.17, 15) is 13.6 Å². The highest BCUT2D eigenvalue weighted by Crippen LogP contribution is 2.31. The van der Waals surface area contributed by atoms with Crippen molar-refractivity contribution in [2.75, 3.05) is 33.2 Å². The fraction of sp³-hybridized carbons (Fsp3) is 0.200. The number of likely N-dealkylation sites (N-methyl/N-ethyl adjacent to an activating group) is 1. The van der Waals surface area contributed by atoms with E-state index < -0.39 is 0 Å². The average molecular weight is 445 g/mol. The molecule has 1 saturated heterocycles. The Balaban J connectivity index is 1.60. The summed E-state index contributed by atoms with van der Waals surface area (Å²) in [4.78, 5) is 30.8. The molecule has 3 heterocycles. The van der Waals surface area contributed by atoms with Crippen LogP contribution in [0.25, 0.3) is 33.7 Å². The monoisotopic (exact) mass is 445 g/mol. The lowest BCUT2D eigenvalue weighted by atomic mass is 10.0. The van der Waals surface area contributed by atoms with E-state index in [2.05, 4.69) is 14.9 Å². The van der Waals surface area contributed by atoms with Crippen molar-refractivity contribution < 1.29 is 13.6 Å². The van der Waals surface area contributed by atoms with E-state index in [4.69, 9.17) is 4.98 Å². The van der Waals surface area contributed by atoms with Gasteiger partial charge in [-0.2, -0.15) is 0 Å². The van der Waals surface area contributed by atoms with Gasteiger partial charge >= 0.3 is 0 Å². The van der Waals surface area contributed by atoms with E-state index >= 15 is 0 Å². The van der Waals surface area contributed by atoms with Crippen LogP contribution in [0.15, 0.2) is 60.8 Å². The SMILES string of the molecule is CN1CCN(C(=O)c2cnc3nc(-c4ccc(F)cc4)c(-c4ccc(F)cc4)nc3c2)CC1. The summed E-state index contributed by atoms with van der Waals surface area (Å²) in [7, 11) is 2.03. The van der Waals surface area contributed by atoms with Crippen molar-refractivity contribution in [3.05, 3.63) is 78.0 Å². The molecule has 4 aromatic rings. The second-order valence-corrected chi connectivity index (χ2v) is 8.10. The smallest absolute Gasteiger partial charge is 0.255 e. The Labute approximate surface area is 189 Å². The first-order valence-corrected chi connectivity index (χ1v) is 10.7. The molecule has 0 N–H and O–H groups in total. The first-order valence-electron chi connectivity index (χ1n) is 10.7. The van der Waals surface area contributed by atoms with Crippen molar-refractivity contribution in [1.82, 2.24) is 24.8 Å². The minimum atomic E-state index is -0.363. The predicted octanol–water partition coefficient (Wildman–Crippen LogP) is 4.02. The first-order chi connectivity index (χ1) is 16.0. The molecule has 0 atom stereocenters. The summed E-state index contributed by atoms with van der Waals surface area (Å²) >= 11 is 0. The van der Waals surface area contributed by atoms with Crippen LogP contribution >= 0.6 is 0 Å². The van der Waals surface area contributed by atoms with E-state index in [-0.39, 0.29) is 17.5 Å². The van der Waals surface area contributed by atoms with Gasteiger partial charge in [-0.1, -0.05) is 0 Å². The number of aromatic nitrogens is 3. The number of amides is 1. The predicted molar refractivity (Wildman–Crippen MR) is 122 cm³/mol. The number of carbonyl (C=O) groups excluding carboxylic acids is 1. The number of hydrogen-bond acceptors (Lipinski definition) is 5. The minimum Gasteiger partial charge on any atom is -0.336 e. The van der Waals surface area contributed by atoms with Crippen molar-refractivity contribution in [2.45, 2.75) is 0 Å². The highest BCUT2D eigenvalue weighted by Gasteiger charge is 2.22. The Hall–Kier alpha value is -3.78. The van der Waals surface area contributed by atoms with Gasteiger partial charge in [0, 0.05) is 43.5 Å².